The van der Waals surface area contributed by atoms with Gasteiger partial charge in [0.05, 0.1) is 0 Å². The Labute approximate surface area is 90.8 Å². The Kier molecular flexibility index (Phi) is 2.72. The summed E-state index contributed by atoms with van der Waals surface area (Å²) in [5.74, 6) is 0. The molecule has 0 bridgehead atoms. The van der Waals surface area contributed by atoms with Crippen molar-refractivity contribution in [3.8, 4) is 0 Å². The second-order valence-corrected chi connectivity index (χ2v) is 3.65. The van der Waals surface area contributed by atoms with Gasteiger partial charge in [-0.3, -0.25) is 0 Å². The molecule has 1 radical (unpaired) electrons. The van der Waals surface area contributed by atoms with Gasteiger partial charge < -0.3 is 5.32 Å². The summed E-state index contributed by atoms with van der Waals surface area (Å²) >= 11 is 0. The number of rotatable bonds is 2. The molecule has 75 valence electrons. The molecule has 0 atom stereocenters. The summed E-state index contributed by atoms with van der Waals surface area (Å²) in [7, 11) is 0. The molecule has 0 fully saturated rings. The predicted molar refractivity (Wildman–Crippen MR) is 64.5 cm³/mol. The van der Waals surface area contributed by atoms with E-state index in [1.165, 1.54) is 11.1 Å². The van der Waals surface area contributed by atoms with Crippen LogP contribution in [0.4, 0.5) is 11.4 Å². The van der Waals surface area contributed by atoms with Crippen LogP contribution in [0.15, 0.2) is 42.5 Å². The number of nitrogens with one attached hydrogen (secondary N) is 1. The summed E-state index contributed by atoms with van der Waals surface area (Å²) in [4.78, 5) is 0. The van der Waals surface area contributed by atoms with E-state index in [2.05, 4.69) is 43.4 Å². The van der Waals surface area contributed by atoms with Crippen LogP contribution >= 0.6 is 0 Å². The Balaban J connectivity index is 2.29. The molecule has 0 unspecified atom stereocenters. The minimum atomic E-state index is 1.01. The topological polar surface area (TPSA) is 12.0 Å². The van der Waals surface area contributed by atoms with Gasteiger partial charge in [0.25, 0.3) is 0 Å². The predicted octanol–water partition coefficient (Wildman–Crippen LogP) is 3.85. The molecule has 2 aromatic rings. The van der Waals surface area contributed by atoms with Gasteiger partial charge >= 0.3 is 0 Å². The van der Waals surface area contributed by atoms with Crippen molar-refractivity contribution >= 4 is 11.4 Å². The molecule has 1 heteroatoms. The molecule has 0 spiro atoms. The standard InChI is InChI=1S/C14H14N/c1-11-7-6-10-14(12(11)2)15-13-8-4-3-5-9-13/h3-8,10,15H,1-2H3. The zero-order valence-corrected chi connectivity index (χ0v) is 9.04. The number of hydrogen-bond acceptors (Lipinski definition) is 1. The summed E-state index contributed by atoms with van der Waals surface area (Å²) in [6, 6.07) is 17.3. The van der Waals surface area contributed by atoms with Gasteiger partial charge in [0.1, 0.15) is 0 Å². The fraction of sp³-hybridized carbons (Fsp3) is 0.143. The average Bonchev–Trinajstić information content (AvgIpc) is 2.26. The number of aryl methyl sites for hydroxylation is 1. The van der Waals surface area contributed by atoms with Crippen molar-refractivity contribution in [2.45, 2.75) is 13.8 Å². The molecule has 0 aromatic heterocycles. The van der Waals surface area contributed by atoms with E-state index in [0.717, 1.165) is 11.4 Å². The molecule has 0 aliphatic heterocycles. The van der Waals surface area contributed by atoms with Crippen LogP contribution < -0.4 is 5.32 Å². The highest BCUT2D eigenvalue weighted by Gasteiger charge is 1.99. The van der Waals surface area contributed by atoms with Crippen LogP contribution in [0, 0.1) is 19.9 Å². The molecule has 0 amide bonds. The molecule has 0 saturated carbocycles. The summed E-state index contributed by atoms with van der Waals surface area (Å²) in [6.07, 6.45) is 0. The van der Waals surface area contributed by atoms with Gasteiger partial charge in [-0.2, -0.15) is 0 Å². The van der Waals surface area contributed by atoms with E-state index in [0.29, 0.717) is 0 Å². The fourth-order valence-electron chi connectivity index (χ4n) is 1.50. The zero-order chi connectivity index (χ0) is 10.7. The van der Waals surface area contributed by atoms with E-state index < -0.39 is 0 Å². The lowest BCUT2D eigenvalue weighted by Gasteiger charge is -2.10. The Morgan fingerprint density at radius 1 is 1.00 bits per heavy atom. The lowest BCUT2D eigenvalue weighted by molar-refractivity contribution is 1.33. The first-order valence-electron chi connectivity index (χ1n) is 5.07. The first kappa shape index (κ1) is 9.78. The van der Waals surface area contributed by atoms with Crippen molar-refractivity contribution < 1.29 is 0 Å². The zero-order valence-electron chi connectivity index (χ0n) is 9.04. The minimum Gasteiger partial charge on any atom is -0.355 e. The minimum absolute atomic E-state index is 1.01. The van der Waals surface area contributed by atoms with Gasteiger partial charge in [0.15, 0.2) is 0 Å². The number of hydrogen-bond donors (Lipinski definition) is 1. The Bertz CT molecular complexity index is 446. The van der Waals surface area contributed by atoms with E-state index in [1.807, 2.05) is 24.3 Å². The molecule has 1 nitrogen and oxygen atoms in total. The molecule has 2 rings (SSSR count). The van der Waals surface area contributed by atoms with Gasteiger partial charge in [-0.15, -0.1) is 0 Å². The fourth-order valence-corrected chi connectivity index (χ4v) is 1.50. The van der Waals surface area contributed by atoms with Gasteiger partial charge in [-0.05, 0) is 37.1 Å². The molecule has 0 aliphatic carbocycles. The first-order chi connectivity index (χ1) is 7.27. The highest BCUT2D eigenvalue weighted by atomic mass is 14.9. The van der Waals surface area contributed by atoms with Crippen LogP contribution in [0.3, 0.4) is 0 Å². The van der Waals surface area contributed by atoms with E-state index >= 15 is 0 Å². The average molecular weight is 196 g/mol. The number of para-hydroxylation sites is 1. The number of anilines is 2. The van der Waals surface area contributed by atoms with E-state index in [-0.39, 0.29) is 0 Å². The second kappa shape index (κ2) is 4.18. The molecule has 2 aromatic carbocycles. The Morgan fingerprint density at radius 3 is 2.60 bits per heavy atom. The molecule has 0 aliphatic rings. The lowest BCUT2D eigenvalue weighted by Crippen LogP contribution is -1.94. The quantitative estimate of drug-likeness (QED) is 0.769. The SMILES string of the molecule is Cc1cccc(Nc2[c]cccc2)c1C. The van der Waals surface area contributed by atoms with Gasteiger partial charge in [0, 0.05) is 17.4 Å². The lowest BCUT2D eigenvalue weighted by atomic mass is 10.1. The van der Waals surface area contributed by atoms with Crippen LogP contribution in [0.25, 0.3) is 0 Å². The van der Waals surface area contributed by atoms with Crippen molar-refractivity contribution in [3.05, 3.63) is 59.7 Å². The third kappa shape index (κ3) is 2.18. The van der Waals surface area contributed by atoms with Gasteiger partial charge in [-0.1, -0.05) is 30.3 Å². The van der Waals surface area contributed by atoms with Gasteiger partial charge in [-0.25, -0.2) is 0 Å². The summed E-state index contributed by atoms with van der Waals surface area (Å²) in [5, 5.41) is 3.36. The van der Waals surface area contributed by atoms with Crippen molar-refractivity contribution in [2.24, 2.45) is 0 Å². The van der Waals surface area contributed by atoms with E-state index in [1.54, 1.807) is 0 Å². The maximum Gasteiger partial charge on any atom is 0.0464 e. The van der Waals surface area contributed by atoms with E-state index in [4.69, 9.17) is 0 Å². The Hall–Kier alpha value is -1.76. The first-order valence-corrected chi connectivity index (χ1v) is 5.07. The normalized spacial score (nSPS) is 10.0. The molecule has 1 N–H and O–H groups in total. The van der Waals surface area contributed by atoms with Crippen LogP contribution in [0.1, 0.15) is 11.1 Å². The third-order valence-electron chi connectivity index (χ3n) is 2.58. The maximum absolute atomic E-state index is 3.36. The molecule has 0 saturated heterocycles. The maximum atomic E-state index is 3.36. The van der Waals surface area contributed by atoms with Crippen LogP contribution in [0.2, 0.25) is 0 Å². The van der Waals surface area contributed by atoms with Crippen LogP contribution in [-0.4, -0.2) is 0 Å². The van der Waals surface area contributed by atoms with E-state index in [9.17, 15) is 0 Å². The van der Waals surface area contributed by atoms with Crippen molar-refractivity contribution in [1.29, 1.82) is 0 Å². The van der Waals surface area contributed by atoms with Crippen molar-refractivity contribution in [3.63, 3.8) is 0 Å². The monoisotopic (exact) mass is 196 g/mol. The van der Waals surface area contributed by atoms with Gasteiger partial charge in [0.2, 0.25) is 0 Å². The van der Waals surface area contributed by atoms with Crippen molar-refractivity contribution in [2.75, 3.05) is 5.32 Å². The molecular weight excluding hydrogens is 182 g/mol. The highest BCUT2D eigenvalue weighted by molar-refractivity contribution is 5.63. The molecule has 0 heterocycles. The summed E-state index contributed by atoms with van der Waals surface area (Å²) in [5.41, 5.74) is 4.74. The summed E-state index contributed by atoms with van der Waals surface area (Å²) < 4.78 is 0. The largest absolute Gasteiger partial charge is 0.355 e. The Morgan fingerprint density at radius 2 is 1.87 bits per heavy atom. The van der Waals surface area contributed by atoms with Crippen molar-refractivity contribution in [1.82, 2.24) is 0 Å². The molecule has 15 heavy (non-hydrogen) atoms. The highest BCUT2D eigenvalue weighted by Crippen LogP contribution is 2.21. The summed E-state index contributed by atoms with van der Waals surface area (Å²) in [6.45, 7) is 4.25. The second-order valence-electron chi connectivity index (χ2n) is 3.65. The van der Waals surface area contributed by atoms with Crippen LogP contribution in [-0.2, 0) is 0 Å². The number of benzene rings is 2. The third-order valence-corrected chi connectivity index (χ3v) is 2.58. The molecular formula is C14H14N. The van der Waals surface area contributed by atoms with Crippen LogP contribution in [0.5, 0.6) is 0 Å². The smallest absolute Gasteiger partial charge is 0.0464 e.